The number of hydrogen-bond acceptors (Lipinski definition) is 1. The third kappa shape index (κ3) is 3.71. The molecule has 0 aliphatic carbocycles. The lowest BCUT2D eigenvalue weighted by Crippen LogP contribution is -2.66. The second kappa shape index (κ2) is 6.44. The smallest absolute Gasteiger partial charge is 0.353 e. The maximum atomic E-state index is 13.7. The van der Waals surface area contributed by atoms with Crippen LogP contribution in [-0.2, 0) is 11.3 Å². The van der Waals surface area contributed by atoms with Crippen LogP contribution in [0, 0.1) is 23.6 Å². The summed E-state index contributed by atoms with van der Waals surface area (Å²) < 4.78 is 111. The minimum Gasteiger partial charge on any atom is -0.353 e. The summed E-state index contributed by atoms with van der Waals surface area (Å²) in [6.07, 6.45) is -11.7. The minimum absolute atomic E-state index is 0.336. The van der Waals surface area contributed by atoms with Gasteiger partial charge in [-0.25, -0.2) is 13.6 Å². The van der Waals surface area contributed by atoms with Crippen molar-refractivity contribution in [2.24, 2.45) is 5.41 Å². The molecule has 0 amide bonds. The predicted octanol–water partition coefficient (Wildman–Crippen LogP) is 5.94. The number of ether oxygens (including phenoxy) is 1. The van der Waals surface area contributed by atoms with Gasteiger partial charge in [-0.3, -0.25) is 0 Å². The summed E-state index contributed by atoms with van der Waals surface area (Å²) in [6.45, 7) is 7.12. The van der Waals surface area contributed by atoms with Crippen LogP contribution in [0.5, 0.6) is 0 Å². The second-order valence-electron chi connectivity index (χ2n) is 6.22. The van der Waals surface area contributed by atoms with Crippen molar-refractivity contribution in [3.63, 3.8) is 0 Å². The highest BCUT2D eigenvalue weighted by molar-refractivity contribution is 5.47. The molecular formula is C15H13F8NO. The van der Waals surface area contributed by atoms with Gasteiger partial charge in [0.05, 0.1) is 13.2 Å². The lowest BCUT2D eigenvalue weighted by Gasteiger charge is -2.45. The molecule has 2 nitrogen and oxygen atoms in total. The summed E-state index contributed by atoms with van der Waals surface area (Å²) in [6, 6.07) is 0.712. The van der Waals surface area contributed by atoms with E-state index in [1.165, 1.54) is 0 Å². The van der Waals surface area contributed by atoms with Crippen LogP contribution in [-0.4, -0.2) is 18.0 Å². The first-order valence-corrected chi connectivity index (χ1v) is 6.71. The zero-order chi connectivity index (χ0) is 19.8. The van der Waals surface area contributed by atoms with Gasteiger partial charge in [0.2, 0.25) is 5.69 Å². The normalized spacial score (nSPS) is 13.7. The molecule has 140 valence electrons. The van der Waals surface area contributed by atoms with Crippen molar-refractivity contribution < 1.29 is 39.9 Å². The van der Waals surface area contributed by atoms with E-state index in [-0.39, 0.29) is 0 Å². The molecule has 1 rings (SSSR count). The van der Waals surface area contributed by atoms with Gasteiger partial charge in [0.1, 0.15) is 11.6 Å². The Bertz CT molecular complexity index is 643. The van der Waals surface area contributed by atoms with E-state index in [4.69, 9.17) is 6.57 Å². The zero-order valence-corrected chi connectivity index (χ0v) is 13.2. The van der Waals surface area contributed by atoms with Crippen LogP contribution < -0.4 is 0 Å². The molecule has 25 heavy (non-hydrogen) atoms. The number of nitrogens with zero attached hydrogens (tertiary/aromatic N) is 1. The summed E-state index contributed by atoms with van der Waals surface area (Å²) in [5.41, 5.74) is -8.72. The summed E-state index contributed by atoms with van der Waals surface area (Å²) in [5.74, 6) is -2.63. The topological polar surface area (TPSA) is 13.6 Å². The fourth-order valence-corrected chi connectivity index (χ4v) is 2.35. The van der Waals surface area contributed by atoms with E-state index in [9.17, 15) is 35.1 Å². The fourth-order valence-electron chi connectivity index (χ4n) is 2.35. The first-order chi connectivity index (χ1) is 11.1. The third-order valence-corrected chi connectivity index (χ3v) is 3.54. The highest BCUT2D eigenvalue weighted by atomic mass is 19.4. The average molecular weight is 375 g/mol. The highest BCUT2D eigenvalue weighted by Crippen LogP contribution is 2.55. The van der Waals surface area contributed by atoms with Crippen LogP contribution in [0.4, 0.5) is 40.8 Å². The Morgan fingerprint density at radius 3 is 1.76 bits per heavy atom. The molecule has 0 saturated carbocycles. The Morgan fingerprint density at radius 2 is 1.40 bits per heavy atom. The van der Waals surface area contributed by atoms with E-state index in [1.54, 1.807) is 0 Å². The molecule has 0 bridgehead atoms. The van der Waals surface area contributed by atoms with Gasteiger partial charge in [-0.2, -0.15) is 26.3 Å². The number of alkyl halides is 6. The number of benzene rings is 1. The van der Waals surface area contributed by atoms with Crippen molar-refractivity contribution in [2.45, 2.75) is 45.3 Å². The second-order valence-corrected chi connectivity index (χ2v) is 6.22. The molecule has 0 aromatic heterocycles. The molecule has 0 aliphatic rings. The van der Waals surface area contributed by atoms with Crippen molar-refractivity contribution in [2.75, 3.05) is 0 Å². The van der Waals surface area contributed by atoms with Crippen LogP contribution in [0.1, 0.15) is 26.3 Å². The Morgan fingerprint density at radius 1 is 0.920 bits per heavy atom. The zero-order valence-electron chi connectivity index (χ0n) is 13.2. The molecule has 0 N–H and O–H groups in total. The molecule has 0 spiro atoms. The first-order valence-electron chi connectivity index (χ1n) is 6.71. The van der Waals surface area contributed by atoms with Gasteiger partial charge in [0.15, 0.2) is 0 Å². The van der Waals surface area contributed by atoms with E-state index in [0.29, 0.717) is 32.9 Å². The summed E-state index contributed by atoms with van der Waals surface area (Å²) in [4.78, 5) is 2.63. The van der Waals surface area contributed by atoms with Crippen molar-refractivity contribution in [3.05, 3.63) is 40.7 Å². The molecule has 0 atom stereocenters. The number of hydrogen-bond donors (Lipinski definition) is 0. The number of rotatable bonds is 3. The molecule has 10 heteroatoms. The van der Waals surface area contributed by atoms with Gasteiger partial charge in [0, 0.05) is 11.0 Å². The molecule has 1 aromatic rings. The summed E-state index contributed by atoms with van der Waals surface area (Å²) in [7, 11) is 0. The SMILES string of the molecule is [C-]#[N+]c1cc(F)c(COC(C(C)(C)C)(C(F)(F)F)C(F)(F)F)cc1F. The van der Waals surface area contributed by atoms with Crippen molar-refractivity contribution in [3.8, 4) is 0 Å². The van der Waals surface area contributed by atoms with Crippen LogP contribution in [0.3, 0.4) is 0 Å². The van der Waals surface area contributed by atoms with Crippen molar-refractivity contribution >= 4 is 5.69 Å². The third-order valence-electron chi connectivity index (χ3n) is 3.54. The van der Waals surface area contributed by atoms with Crippen molar-refractivity contribution in [1.82, 2.24) is 0 Å². The highest BCUT2D eigenvalue weighted by Gasteiger charge is 2.77. The molecular weight excluding hydrogens is 362 g/mol. The lowest BCUT2D eigenvalue weighted by atomic mass is 9.75. The molecule has 0 unspecified atom stereocenters. The van der Waals surface area contributed by atoms with Gasteiger partial charge >= 0.3 is 12.4 Å². The average Bonchev–Trinajstić information content (AvgIpc) is 2.37. The molecule has 0 radical (unpaired) electrons. The van der Waals surface area contributed by atoms with Crippen LogP contribution in [0.25, 0.3) is 4.85 Å². The molecule has 0 saturated heterocycles. The fraction of sp³-hybridized carbons (Fsp3) is 0.533. The van der Waals surface area contributed by atoms with Gasteiger partial charge in [-0.15, -0.1) is 0 Å². The van der Waals surface area contributed by atoms with Crippen LogP contribution >= 0.6 is 0 Å². The van der Waals surface area contributed by atoms with Gasteiger partial charge in [-0.05, 0) is 12.1 Å². The van der Waals surface area contributed by atoms with Crippen molar-refractivity contribution in [1.29, 1.82) is 0 Å². The van der Waals surface area contributed by atoms with Gasteiger partial charge in [0.25, 0.3) is 5.60 Å². The predicted molar refractivity (Wildman–Crippen MR) is 71.7 cm³/mol. The van der Waals surface area contributed by atoms with E-state index in [1.807, 2.05) is 0 Å². The maximum absolute atomic E-state index is 13.7. The quantitative estimate of drug-likeness (QED) is 0.471. The summed E-state index contributed by atoms with van der Waals surface area (Å²) >= 11 is 0. The van der Waals surface area contributed by atoms with Gasteiger partial charge in [-0.1, -0.05) is 20.8 Å². The largest absolute Gasteiger partial charge is 0.427 e. The Balaban J connectivity index is 3.40. The molecule has 0 fully saturated rings. The molecule has 0 aliphatic heterocycles. The Kier molecular flexibility index (Phi) is 5.45. The van der Waals surface area contributed by atoms with E-state index in [2.05, 4.69) is 9.58 Å². The van der Waals surface area contributed by atoms with E-state index < -0.39 is 52.9 Å². The Labute approximate surface area is 138 Å². The first kappa shape index (κ1) is 21.2. The van der Waals surface area contributed by atoms with Crippen LogP contribution in [0.15, 0.2) is 12.1 Å². The van der Waals surface area contributed by atoms with Crippen LogP contribution in [0.2, 0.25) is 0 Å². The Hall–Kier alpha value is -1.89. The van der Waals surface area contributed by atoms with Gasteiger partial charge < -0.3 is 4.74 Å². The summed E-state index contributed by atoms with van der Waals surface area (Å²) in [5, 5.41) is 0. The molecule has 1 aromatic carbocycles. The standard InChI is InChI=1S/C15H13F8NO/c1-12(2,3)13(14(18,19)20,15(21,22)23)25-7-8-5-10(17)11(24-4)6-9(8)16/h5-6H,7H2,1-3H3. The molecule has 0 heterocycles. The lowest BCUT2D eigenvalue weighted by molar-refractivity contribution is -0.413. The van der Waals surface area contributed by atoms with E-state index >= 15 is 0 Å². The van der Waals surface area contributed by atoms with E-state index in [0.717, 1.165) is 0 Å². The number of halogens is 8. The monoisotopic (exact) mass is 375 g/mol. The maximum Gasteiger partial charge on any atom is 0.427 e. The minimum atomic E-state index is -5.87.